The van der Waals surface area contributed by atoms with Crippen LogP contribution in [0.3, 0.4) is 0 Å². The summed E-state index contributed by atoms with van der Waals surface area (Å²) in [5.41, 5.74) is 0.457. The van der Waals surface area contributed by atoms with Crippen molar-refractivity contribution in [3.63, 3.8) is 0 Å². The van der Waals surface area contributed by atoms with Crippen molar-refractivity contribution >= 4 is 17.5 Å². The molecule has 0 bridgehead atoms. The van der Waals surface area contributed by atoms with Gasteiger partial charge in [-0.25, -0.2) is 18.2 Å². The molecular weight excluding hydrogens is 307 g/mol. The van der Waals surface area contributed by atoms with E-state index >= 15 is 0 Å². The van der Waals surface area contributed by atoms with Crippen LogP contribution in [0.15, 0.2) is 18.2 Å². The van der Waals surface area contributed by atoms with Crippen LogP contribution in [0.5, 0.6) is 0 Å². The largest absolute Gasteiger partial charge is 0.353 e. The molecule has 8 heteroatoms. The molecule has 0 atom stereocenters. The van der Waals surface area contributed by atoms with Crippen molar-refractivity contribution in [1.29, 1.82) is 0 Å². The number of benzene rings is 1. The van der Waals surface area contributed by atoms with Gasteiger partial charge in [-0.05, 0) is 33.2 Å². The fourth-order valence-electron chi connectivity index (χ4n) is 1.86. The van der Waals surface area contributed by atoms with E-state index in [4.69, 9.17) is 0 Å². The van der Waals surface area contributed by atoms with E-state index in [9.17, 15) is 13.2 Å². The van der Waals surface area contributed by atoms with Crippen LogP contribution < -0.4 is 10.6 Å². The van der Waals surface area contributed by atoms with Gasteiger partial charge in [0.25, 0.3) is 0 Å². The van der Waals surface area contributed by atoms with Gasteiger partial charge in [0.15, 0.2) is 17.5 Å². The number of nitrogens with zero attached hydrogens (tertiary/aromatic N) is 3. The lowest BCUT2D eigenvalue weighted by molar-refractivity contribution is 0.425. The van der Waals surface area contributed by atoms with Gasteiger partial charge in [0.1, 0.15) is 5.82 Å². The molecule has 0 aliphatic rings. The van der Waals surface area contributed by atoms with Gasteiger partial charge in [0.2, 0.25) is 5.95 Å². The molecular formula is C15H18F3N5. The molecule has 2 aromatic rings. The molecule has 1 aromatic carbocycles. The minimum absolute atomic E-state index is 0.193. The van der Waals surface area contributed by atoms with Crippen LogP contribution in [0, 0.1) is 24.4 Å². The summed E-state index contributed by atoms with van der Waals surface area (Å²) in [6.45, 7) is 3.18. The van der Waals surface area contributed by atoms with E-state index in [-0.39, 0.29) is 11.5 Å². The van der Waals surface area contributed by atoms with Crippen molar-refractivity contribution in [2.75, 3.05) is 37.8 Å². The third kappa shape index (κ3) is 4.56. The van der Waals surface area contributed by atoms with Crippen LogP contribution in [0.4, 0.5) is 30.6 Å². The van der Waals surface area contributed by atoms with Crippen LogP contribution in [-0.4, -0.2) is 42.1 Å². The van der Waals surface area contributed by atoms with Gasteiger partial charge >= 0.3 is 0 Å². The minimum atomic E-state index is -1.52. The molecule has 0 amide bonds. The third-order valence-electron chi connectivity index (χ3n) is 2.99. The summed E-state index contributed by atoms with van der Waals surface area (Å²) in [6.07, 6.45) is 0. The lowest BCUT2D eigenvalue weighted by Gasteiger charge is -2.12. The van der Waals surface area contributed by atoms with Gasteiger partial charge in [-0.1, -0.05) is 0 Å². The second-order valence-corrected chi connectivity index (χ2v) is 5.30. The second kappa shape index (κ2) is 7.28. The quantitative estimate of drug-likeness (QED) is 0.800. The highest BCUT2D eigenvalue weighted by Gasteiger charge is 2.14. The second-order valence-electron chi connectivity index (χ2n) is 5.30. The Morgan fingerprint density at radius 2 is 1.83 bits per heavy atom. The van der Waals surface area contributed by atoms with Crippen LogP contribution in [0.2, 0.25) is 0 Å². The van der Waals surface area contributed by atoms with Crippen LogP contribution in [-0.2, 0) is 0 Å². The Hall–Kier alpha value is -2.35. The lowest BCUT2D eigenvalue weighted by atomic mass is 10.2. The van der Waals surface area contributed by atoms with Crippen LogP contribution in [0.25, 0.3) is 0 Å². The summed E-state index contributed by atoms with van der Waals surface area (Å²) in [5, 5.41) is 5.68. The summed E-state index contributed by atoms with van der Waals surface area (Å²) in [7, 11) is 3.88. The molecule has 1 aromatic heterocycles. The predicted octanol–water partition coefficient (Wildman–Crippen LogP) is 2.92. The minimum Gasteiger partial charge on any atom is -0.353 e. The zero-order chi connectivity index (χ0) is 17.0. The number of nitrogens with one attached hydrogen (secondary N) is 2. The van der Waals surface area contributed by atoms with Crippen molar-refractivity contribution < 1.29 is 13.2 Å². The van der Waals surface area contributed by atoms with E-state index in [1.165, 1.54) is 0 Å². The SMILES string of the molecule is Cc1cc(Nc2ccc(F)c(F)c2F)nc(NCCN(C)C)n1. The van der Waals surface area contributed by atoms with E-state index < -0.39 is 17.5 Å². The highest BCUT2D eigenvalue weighted by atomic mass is 19.2. The zero-order valence-corrected chi connectivity index (χ0v) is 13.1. The van der Waals surface area contributed by atoms with Crippen molar-refractivity contribution in [3.8, 4) is 0 Å². The fraction of sp³-hybridized carbons (Fsp3) is 0.333. The summed E-state index contributed by atoms with van der Waals surface area (Å²) < 4.78 is 39.9. The maximum absolute atomic E-state index is 13.7. The molecule has 0 spiro atoms. The number of likely N-dealkylation sites (N-methyl/N-ethyl adjacent to an activating group) is 1. The molecule has 1 heterocycles. The number of anilines is 3. The zero-order valence-electron chi connectivity index (χ0n) is 13.1. The molecule has 2 rings (SSSR count). The molecule has 0 fully saturated rings. The summed E-state index contributed by atoms with van der Waals surface area (Å²) >= 11 is 0. The van der Waals surface area contributed by atoms with E-state index in [1.807, 2.05) is 19.0 Å². The average molecular weight is 325 g/mol. The summed E-state index contributed by atoms with van der Waals surface area (Å²) in [6, 6.07) is 3.55. The number of aryl methyl sites for hydroxylation is 1. The Morgan fingerprint density at radius 3 is 2.52 bits per heavy atom. The molecule has 0 unspecified atom stereocenters. The maximum Gasteiger partial charge on any atom is 0.224 e. The van der Waals surface area contributed by atoms with Gasteiger partial charge in [-0.3, -0.25) is 0 Å². The Kier molecular flexibility index (Phi) is 5.38. The average Bonchev–Trinajstić information content (AvgIpc) is 2.47. The highest BCUT2D eigenvalue weighted by molar-refractivity contribution is 5.58. The highest BCUT2D eigenvalue weighted by Crippen LogP contribution is 2.23. The van der Waals surface area contributed by atoms with Crippen molar-refractivity contribution in [2.45, 2.75) is 6.92 Å². The van der Waals surface area contributed by atoms with E-state index in [2.05, 4.69) is 20.6 Å². The van der Waals surface area contributed by atoms with Gasteiger partial charge < -0.3 is 15.5 Å². The lowest BCUT2D eigenvalue weighted by Crippen LogP contribution is -2.21. The Labute approximate surface area is 132 Å². The molecule has 0 saturated carbocycles. The van der Waals surface area contributed by atoms with Crippen molar-refractivity contribution in [1.82, 2.24) is 14.9 Å². The first-order valence-corrected chi connectivity index (χ1v) is 7.01. The fourth-order valence-corrected chi connectivity index (χ4v) is 1.86. The van der Waals surface area contributed by atoms with Gasteiger partial charge in [0.05, 0.1) is 5.69 Å². The van der Waals surface area contributed by atoms with Crippen LogP contribution in [0.1, 0.15) is 5.69 Å². The van der Waals surface area contributed by atoms with E-state index in [0.717, 1.165) is 18.7 Å². The molecule has 2 N–H and O–H groups in total. The van der Waals surface area contributed by atoms with Gasteiger partial charge in [-0.2, -0.15) is 4.98 Å². The van der Waals surface area contributed by atoms with Gasteiger partial charge in [-0.15, -0.1) is 0 Å². The summed E-state index contributed by atoms with van der Waals surface area (Å²) in [5.74, 6) is -3.39. The predicted molar refractivity (Wildman–Crippen MR) is 83.4 cm³/mol. The number of rotatable bonds is 6. The molecule has 124 valence electrons. The Balaban J connectivity index is 2.17. The summed E-state index contributed by atoms with van der Waals surface area (Å²) in [4.78, 5) is 10.4. The number of hydrogen-bond acceptors (Lipinski definition) is 5. The van der Waals surface area contributed by atoms with E-state index in [1.54, 1.807) is 13.0 Å². The maximum atomic E-state index is 13.7. The number of aromatic nitrogens is 2. The normalized spacial score (nSPS) is 10.9. The Morgan fingerprint density at radius 1 is 1.09 bits per heavy atom. The van der Waals surface area contributed by atoms with Gasteiger partial charge in [0, 0.05) is 24.8 Å². The van der Waals surface area contributed by atoms with Crippen LogP contribution >= 0.6 is 0 Å². The first-order valence-electron chi connectivity index (χ1n) is 7.01. The number of hydrogen-bond donors (Lipinski definition) is 2. The first-order chi connectivity index (χ1) is 10.9. The Bertz CT molecular complexity index is 691. The molecule has 23 heavy (non-hydrogen) atoms. The standard InChI is InChI=1S/C15H18F3N5/c1-9-8-12(22-15(20-9)19-6-7-23(2)3)21-11-5-4-10(16)13(17)14(11)18/h4-5,8H,6-7H2,1-3H3,(H2,19,20,21,22). The molecule has 0 aliphatic heterocycles. The molecule has 0 radical (unpaired) electrons. The number of halogens is 3. The van der Waals surface area contributed by atoms with E-state index in [0.29, 0.717) is 18.2 Å². The van der Waals surface area contributed by atoms with Crippen molar-refractivity contribution in [3.05, 3.63) is 41.3 Å². The molecule has 0 saturated heterocycles. The first kappa shape index (κ1) is 17.0. The third-order valence-corrected chi connectivity index (χ3v) is 2.99. The topological polar surface area (TPSA) is 53.1 Å². The van der Waals surface area contributed by atoms with Crippen molar-refractivity contribution in [2.24, 2.45) is 0 Å². The smallest absolute Gasteiger partial charge is 0.224 e. The molecule has 0 aliphatic carbocycles. The molecule has 5 nitrogen and oxygen atoms in total. The monoisotopic (exact) mass is 325 g/mol.